The van der Waals surface area contributed by atoms with E-state index in [1.165, 1.54) is 12.1 Å². The minimum Gasteiger partial charge on any atom is -0.299 e. The number of hydrogen-bond acceptors (Lipinski definition) is 3. The lowest BCUT2D eigenvalue weighted by Gasteiger charge is -2.17. The lowest BCUT2D eigenvalue weighted by Crippen LogP contribution is -2.22. The lowest BCUT2D eigenvalue weighted by atomic mass is 10.1. The quantitative estimate of drug-likeness (QED) is 0.605. The van der Waals surface area contributed by atoms with Gasteiger partial charge in [0.2, 0.25) is 0 Å². The molecule has 0 aliphatic carbocycles. The first-order valence-electron chi connectivity index (χ1n) is 5.23. The third-order valence-corrected chi connectivity index (χ3v) is 2.53. The monoisotopic (exact) mass is 262 g/mol. The van der Waals surface area contributed by atoms with Crippen LogP contribution >= 0.6 is 12.4 Å². The molecule has 0 saturated heterocycles. The fourth-order valence-corrected chi connectivity index (χ4v) is 1.55. The molecule has 0 aliphatic heterocycles. The van der Waals surface area contributed by atoms with E-state index < -0.39 is 10.7 Å². The van der Waals surface area contributed by atoms with Crippen LogP contribution in [0.3, 0.4) is 0 Å². The van der Waals surface area contributed by atoms with Crippen molar-refractivity contribution in [1.82, 2.24) is 4.90 Å². The molecule has 6 heteroatoms. The van der Waals surface area contributed by atoms with Crippen molar-refractivity contribution in [2.45, 2.75) is 20.4 Å². The molecule has 0 spiro atoms. The van der Waals surface area contributed by atoms with E-state index in [0.29, 0.717) is 12.1 Å². The first-order chi connectivity index (χ1) is 7.58. The predicted octanol–water partition coefficient (Wildman–Crippen LogP) is 3.00. The SMILES string of the molecule is CCN(CC)Cc1cc(F)ccc1[N+](=O)[O-].Cl. The van der Waals surface area contributed by atoms with Crippen LogP contribution in [0.4, 0.5) is 10.1 Å². The third-order valence-electron chi connectivity index (χ3n) is 2.53. The normalized spacial score (nSPS) is 10.1. The topological polar surface area (TPSA) is 46.4 Å². The van der Waals surface area contributed by atoms with Crippen LogP contribution in [0.1, 0.15) is 19.4 Å². The molecule has 0 heterocycles. The molecule has 0 amide bonds. The van der Waals surface area contributed by atoms with E-state index in [9.17, 15) is 14.5 Å². The van der Waals surface area contributed by atoms with Crippen molar-refractivity contribution in [2.24, 2.45) is 0 Å². The van der Waals surface area contributed by atoms with Gasteiger partial charge in [0.25, 0.3) is 5.69 Å². The smallest absolute Gasteiger partial charge is 0.274 e. The summed E-state index contributed by atoms with van der Waals surface area (Å²) in [6.45, 7) is 5.90. The highest BCUT2D eigenvalue weighted by Crippen LogP contribution is 2.21. The van der Waals surface area contributed by atoms with E-state index in [1.54, 1.807) is 0 Å². The van der Waals surface area contributed by atoms with Crippen molar-refractivity contribution in [3.05, 3.63) is 39.7 Å². The maximum absolute atomic E-state index is 13.0. The molecule has 0 atom stereocenters. The van der Waals surface area contributed by atoms with Gasteiger partial charge in [-0.2, -0.15) is 0 Å². The van der Waals surface area contributed by atoms with Gasteiger partial charge in [0, 0.05) is 18.2 Å². The van der Waals surface area contributed by atoms with E-state index in [1.807, 2.05) is 18.7 Å². The van der Waals surface area contributed by atoms with Crippen LogP contribution in [0.2, 0.25) is 0 Å². The molecule has 0 aromatic heterocycles. The van der Waals surface area contributed by atoms with Gasteiger partial charge in [-0.25, -0.2) is 4.39 Å². The van der Waals surface area contributed by atoms with Crippen molar-refractivity contribution >= 4 is 18.1 Å². The van der Waals surface area contributed by atoms with Gasteiger partial charge in [0.15, 0.2) is 0 Å². The van der Waals surface area contributed by atoms with Gasteiger partial charge in [-0.05, 0) is 25.2 Å². The van der Waals surface area contributed by atoms with Crippen molar-refractivity contribution in [2.75, 3.05) is 13.1 Å². The van der Waals surface area contributed by atoms with Gasteiger partial charge in [-0.3, -0.25) is 15.0 Å². The molecule has 4 nitrogen and oxygen atoms in total. The van der Waals surface area contributed by atoms with Crippen LogP contribution in [0, 0.1) is 15.9 Å². The molecule has 0 aliphatic rings. The van der Waals surface area contributed by atoms with Crippen molar-refractivity contribution in [1.29, 1.82) is 0 Å². The van der Waals surface area contributed by atoms with Crippen molar-refractivity contribution < 1.29 is 9.31 Å². The fourth-order valence-electron chi connectivity index (χ4n) is 1.55. The van der Waals surface area contributed by atoms with Gasteiger partial charge < -0.3 is 0 Å². The molecule has 1 aromatic rings. The number of rotatable bonds is 5. The minimum absolute atomic E-state index is 0. The number of nitrogens with zero attached hydrogens (tertiary/aromatic N) is 2. The molecule has 1 aromatic carbocycles. The Morgan fingerprint density at radius 2 is 1.94 bits per heavy atom. The van der Waals surface area contributed by atoms with Gasteiger partial charge in [0.1, 0.15) is 5.82 Å². The molecule has 96 valence electrons. The van der Waals surface area contributed by atoms with Crippen LogP contribution in [0.15, 0.2) is 18.2 Å². The minimum atomic E-state index is -0.474. The molecule has 0 unspecified atom stereocenters. The van der Waals surface area contributed by atoms with Crippen LogP contribution < -0.4 is 0 Å². The van der Waals surface area contributed by atoms with E-state index in [-0.39, 0.29) is 18.1 Å². The average Bonchev–Trinajstić information content (AvgIpc) is 2.25. The van der Waals surface area contributed by atoms with Gasteiger partial charge in [-0.1, -0.05) is 13.8 Å². The summed E-state index contributed by atoms with van der Waals surface area (Å²) in [6.07, 6.45) is 0. The molecule has 0 bridgehead atoms. The zero-order valence-corrected chi connectivity index (χ0v) is 10.7. The average molecular weight is 263 g/mol. The van der Waals surface area contributed by atoms with Gasteiger partial charge in [0.05, 0.1) is 4.92 Å². The van der Waals surface area contributed by atoms with Gasteiger partial charge >= 0.3 is 0 Å². The van der Waals surface area contributed by atoms with E-state index in [2.05, 4.69) is 0 Å². The van der Waals surface area contributed by atoms with Crippen LogP contribution in [-0.4, -0.2) is 22.9 Å². The molecule has 0 N–H and O–H groups in total. The zero-order chi connectivity index (χ0) is 12.1. The molecule has 17 heavy (non-hydrogen) atoms. The predicted molar refractivity (Wildman–Crippen MR) is 66.9 cm³/mol. The Labute approximate surface area is 106 Å². The van der Waals surface area contributed by atoms with Crippen molar-refractivity contribution in [3.63, 3.8) is 0 Å². The second-order valence-corrected chi connectivity index (χ2v) is 3.49. The first-order valence-corrected chi connectivity index (χ1v) is 5.23. The number of nitro groups is 1. The molecule has 0 saturated carbocycles. The second kappa shape index (κ2) is 7.19. The third kappa shape index (κ3) is 4.28. The van der Waals surface area contributed by atoms with E-state index >= 15 is 0 Å². The Bertz CT molecular complexity index is 384. The Hall–Kier alpha value is -1.20. The maximum atomic E-state index is 13.0. The van der Waals surface area contributed by atoms with Crippen molar-refractivity contribution in [3.8, 4) is 0 Å². The molecule has 1 rings (SSSR count). The highest BCUT2D eigenvalue weighted by Gasteiger charge is 2.15. The molecular formula is C11H16ClFN2O2. The van der Waals surface area contributed by atoms with Gasteiger partial charge in [-0.15, -0.1) is 12.4 Å². The second-order valence-electron chi connectivity index (χ2n) is 3.49. The maximum Gasteiger partial charge on any atom is 0.274 e. The van der Waals surface area contributed by atoms with Crippen LogP contribution in [0.5, 0.6) is 0 Å². The number of benzene rings is 1. The fraction of sp³-hybridized carbons (Fsp3) is 0.455. The summed E-state index contributed by atoms with van der Waals surface area (Å²) in [5, 5.41) is 10.8. The van der Waals surface area contributed by atoms with E-state index in [4.69, 9.17) is 0 Å². The number of nitro benzene ring substituents is 1. The summed E-state index contributed by atoms with van der Waals surface area (Å²) in [6, 6.07) is 3.56. The van der Waals surface area contributed by atoms with E-state index in [0.717, 1.165) is 19.2 Å². The molecule has 0 radical (unpaired) electrons. The summed E-state index contributed by atoms with van der Waals surface area (Å²) in [5.41, 5.74) is 0.405. The largest absolute Gasteiger partial charge is 0.299 e. The Morgan fingerprint density at radius 3 is 2.41 bits per heavy atom. The number of hydrogen-bond donors (Lipinski definition) is 0. The summed E-state index contributed by atoms with van der Waals surface area (Å²) >= 11 is 0. The zero-order valence-electron chi connectivity index (χ0n) is 9.85. The highest BCUT2D eigenvalue weighted by molar-refractivity contribution is 5.85. The van der Waals surface area contributed by atoms with Crippen LogP contribution in [-0.2, 0) is 6.54 Å². The molecule has 0 fully saturated rings. The Morgan fingerprint density at radius 1 is 1.35 bits per heavy atom. The Balaban J connectivity index is 0.00000256. The van der Waals surface area contributed by atoms with Crippen LogP contribution in [0.25, 0.3) is 0 Å². The highest BCUT2D eigenvalue weighted by atomic mass is 35.5. The molecular weight excluding hydrogens is 247 g/mol. The summed E-state index contributed by atoms with van der Waals surface area (Å²) < 4.78 is 13.0. The summed E-state index contributed by atoms with van der Waals surface area (Å²) in [7, 11) is 0. The summed E-state index contributed by atoms with van der Waals surface area (Å²) in [5.74, 6) is -0.437. The number of halogens is 2. The summed E-state index contributed by atoms with van der Waals surface area (Å²) in [4.78, 5) is 12.3. The standard InChI is InChI=1S/C11H15FN2O2.ClH/c1-3-13(4-2)8-9-7-10(12)5-6-11(9)14(15)16;/h5-7H,3-4,8H2,1-2H3;1H. The first kappa shape index (κ1) is 15.8. The Kier molecular flexibility index (Phi) is 6.68. The lowest BCUT2D eigenvalue weighted by molar-refractivity contribution is -0.385.